The Bertz CT molecular complexity index is 598. The van der Waals surface area contributed by atoms with E-state index in [1.807, 2.05) is 30.8 Å². The van der Waals surface area contributed by atoms with E-state index >= 15 is 0 Å². The van der Waals surface area contributed by atoms with Crippen LogP contribution in [0.1, 0.15) is 38.7 Å². The summed E-state index contributed by atoms with van der Waals surface area (Å²) in [6.45, 7) is 7.35. The molecular formula is C18H26N2O3S. The molecule has 1 aliphatic heterocycles. The van der Waals surface area contributed by atoms with Crippen LogP contribution in [0.15, 0.2) is 23.1 Å². The number of benzene rings is 1. The number of aryl methyl sites for hydroxylation is 1. The number of anilines is 1. The molecule has 0 aliphatic carbocycles. The molecule has 1 aromatic rings. The Morgan fingerprint density at radius 3 is 2.58 bits per heavy atom. The number of amides is 2. The van der Waals surface area contributed by atoms with Crippen molar-refractivity contribution < 1.29 is 14.7 Å². The minimum absolute atomic E-state index is 0.149. The summed E-state index contributed by atoms with van der Waals surface area (Å²) >= 11 is 1.84. The number of rotatable bonds is 5. The summed E-state index contributed by atoms with van der Waals surface area (Å²) in [5.74, 6) is -1.09. The molecule has 1 unspecified atom stereocenters. The summed E-state index contributed by atoms with van der Waals surface area (Å²) in [6.07, 6.45) is 2.16. The van der Waals surface area contributed by atoms with Gasteiger partial charge in [0.2, 0.25) is 0 Å². The maximum Gasteiger partial charge on any atom is 0.321 e. The number of carboxylic acids is 1. The molecule has 132 valence electrons. The van der Waals surface area contributed by atoms with E-state index in [1.54, 1.807) is 4.90 Å². The Labute approximate surface area is 147 Å². The maximum absolute atomic E-state index is 12.4. The molecule has 0 bridgehead atoms. The van der Waals surface area contributed by atoms with E-state index in [4.69, 9.17) is 5.11 Å². The smallest absolute Gasteiger partial charge is 0.321 e. The third-order valence-corrected chi connectivity index (χ3v) is 5.74. The summed E-state index contributed by atoms with van der Waals surface area (Å²) in [4.78, 5) is 26.2. The largest absolute Gasteiger partial charge is 0.481 e. The zero-order valence-electron chi connectivity index (χ0n) is 14.5. The molecule has 1 aliphatic rings. The number of carbonyl (C=O) groups is 2. The van der Waals surface area contributed by atoms with E-state index in [9.17, 15) is 9.59 Å². The van der Waals surface area contributed by atoms with Gasteiger partial charge in [-0.1, -0.05) is 13.8 Å². The van der Waals surface area contributed by atoms with Gasteiger partial charge in [0.15, 0.2) is 0 Å². The number of carboxylic acid groups (broad SMARTS) is 1. The minimum atomic E-state index is -0.764. The first kappa shape index (κ1) is 18.6. The van der Waals surface area contributed by atoms with Crippen molar-refractivity contribution in [2.24, 2.45) is 5.92 Å². The lowest BCUT2D eigenvalue weighted by Crippen LogP contribution is -2.42. The van der Waals surface area contributed by atoms with E-state index in [-0.39, 0.29) is 11.9 Å². The van der Waals surface area contributed by atoms with Crippen LogP contribution in [0.4, 0.5) is 10.5 Å². The second kappa shape index (κ2) is 8.42. The normalized spacial score (nSPS) is 16.7. The summed E-state index contributed by atoms with van der Waals surface area (Å²) in [6, 6.07) is 5.94. The molecule has 0 aromatic heterocycles. The highest BCUT2D eigenvalue weighted by Gasteiger charge is 2.27. The fourth-order valence-electron chi connectivity index (χ4n) is 2.69. The number of nitrogens with zero attached hydrogens (tertiary/aromatic N) is 1. The number of hydrogen-bond donors (Lipinski definition) is 2. The Balaban J connectivity index is 1.93. The van der Waals surface area contributed by atoms with E-state index in [1.165, 1.54) is 4.90 Å². The molecular weight excluding hydrogens is 324 g/mol. The third-order valence-electron chi connectivity index (χ3n) is 4.48. The fourth-order valence-corrected chi connectivity index (χ4v) is 3.71. The lowest BCUT2D eigenvalue weighted by Gasteiger charge is -2.30. The second-order valence-electron chi connectivity index (χ2n) is 6.34. The van der Waals surface area contributed by atoms with E-state index < -0.39 is 5.97 Å². The molecule has 6 heteroatoms. The number of urea groups is 1. The monoisotopic (exact) mass is 350 g/mol. The predicted octanol–water partition coefficient (Wildman–Crippen LogP) is 4.21. The highest BCUT2D eigenvalue weighted by molar-refractivity contribution is 7.99. The molecule has 2 rings (SSSR count). The number of nitrogens with one attached hydrogen (secondary N) is 1. The van der Waals surface area contributed by atoms with Crippen LogP contribution in [-0.4, -0.2) is 40.3 Å². The zero-order chi connectivity index (χ0) is 17.7. The van der Waals surface area contributed by atoms with E-state index in [0.717, 1.165) is 17.7 Å². The highest BCUT2D eigenvalue weighted by atomic mass is 32.2. The van der Waals surface area contributed by atoms with E-state index in [2.05, 4.69) is 25.2 Å². The molecule has 1 saturated heterocycles. The average Bonchev–Trinajstić information content (AvgIpc) is 2.57. The molecule has 24 heavy (non-hydrogen) atoms. The van der Waals surface area contributed by atoms with Gasteiger partial charge in [-0.25, -0.2) is 4.79 Å². The van der Waals surface area contributed by atoms with Crippen molar-refractivity contribution in [2.75, 3.05) is 18.4 Å². The van der Waals surface area contributed by atoms with Crippen molar-refractivity contribution in [1.29, 1.82) is 0 Å². The van der Waals surface area contributed by atoms with Crippen molar-refractivity contribution in [3.05, 3.63) is 23.8 Å². The first-order valence-electron chi connectivity index (χ1n) is 8.46. The quantitative estimate of drug-likeness (QED) is 0.780. The highest BCUT2D eigenvalue weighted by Crippen LogP contribution is 2.28. The van der Waals surface area contributed by atoms with Gasteiger partial charge in [-0.3, -0.25) is 4.79 Å². The van der Waals surface area contributed by atoms with Gasteiger partial charge in [0.25, 0.3) is 0 Å². The van der Waals surface area contributed by atoms with Crippen LogP contribution in [0.2, 0.25) is 0 Å². The summed E-state index contributed by atoms with van der Waals surface area (Å²) in [5, 5.41) is 12.5. The van der Waals surface area contributed by atoms with Crippen LogP contribution in [0.25, 0.3) is 0 Å². The SMILES string of the molecule is CCC(C)Sc1ccc(NC(=O)N2CCC(C(=O)O)CC2)c(C)c1. The molecule has 1 atom stereocenters. The van der Waals surface area contributed by atoms with Crippen molar-refractivity contribution in [2.45, 2.75) is 50.2 Å². The average molecular weight is 350 g/mol. The second-order valence-corrected chi connectivity index (χ2v) is 7.86. The van der Waals surface area contributed by atoms with Crippen LogP contribution < -0.4 is 5.32 Å². The number of aliphatic carboxylic acids is 1. The Morgan fingerprint density at radius 2 is 2.04 bits per heavy atom. The van der Waals surface area contributed by atoms with Crippen LogP contribution >= 0.6 is 11.8 Å². The third kappa shape index (κ3) is 4.90. The number of thioether (sulfide) groups is 1. The zero-order valence-corrected chi connectivity index (χ0v) is 15.4. The van der Waals surface area contributed by atoms with Crippen LogP contribution in [-0.2, 0) is 4.79 Å². The first-order chi connectivity index (χ1) is 11.4. The molecule has 1 aromatic carbocycles. The maximum atomic E-state index is 12.4. The summed E-state index contributed by atoms with van der Waals surface area (Å²) in [7, 11) is 0. The standard InChI is InChI=1S/C18H26N2O3S/c1-4-13(3)24-15-5-6-16(12(2)11-15)19-18(23)20-9-7-14(8-10-20)17(21)22/h5-6,11,13-14H,4,7-10H2,1-3H3,(H,19,23)(H,21,22). The molecule has 1 heterocycles. The molecule has 2 amide bonds. The van der Waals surface area contributed by atoms with Crippen LogP contribution in [0.3, 0.4) is 0 Å². The molecule has 1 fully saturated rings. The molecule has 0 saturated carbocycles. The molecule has 5 nitrogen and oxygen atoms in total. The molecule has 0 spiro atoms. The summed E-state index contributed by atoms with van der Waals surface area (Å²) in [5.41, 5.74) is 1.85. The number of hydrogen-bond acceptors (Lipinski definition) is 3. The molecule has 0 radical (unpaired) electrons. The van der Waals surface area contributed by atoms with Gasteiger partial charge in [-0.05, 0) is 49.9 Å². The van der Waals surface area contributed by atoms with Gasteiger partial charge in [0.05, 0.1) is 5.92 Å². The molecule has 2 N–H and O–H groups in total. The van der Waals surface area contributed by atoms with Gasteiger partial charge in [0, 0.05) is 28.9 Å². The van der Waals surface area contributed by atoms with Gasteiger partial charge < -0.3 is 15.3 Å². The van der Waals surface area contributed by atoms with Crippen molar-refractivity contribution in [3.63, 3.8) is 0 Å². The number of likely N-dealkylation sites (tertiary alicyclic amines) is 1. The van der Waals surface area contributed by atoms with Gasteiger partial charge >= 0.3 is 12.0 Å². The van der Waals surface area contributed by atoms with Crippen molar-refractivity contribution in [3.8, 4) is 0 Å². The van der Waals surface area contributed by atoms with Crippen LogP contribution in [0.5, 0.6) is 0 Å². The van der Waals surface area contributed by atoms with Gasteiger partial charge in [-0.2, -0.15) is 0 Å². The van der Waals surface area contributed by atoms with Crippen LogP contribution in [0, 0.1) is 12.8 Å². The number of piperidine rings is 1. The Kier molecular flexibility index (Phi) is 6.54. The summed E-state index contributed by atoms with van der Waals surface area (Å²) < 4.78 is 0. The lowest BCUT2D eigenvalue weighted by atomic mass is 9.97. The van der Waals surface area contributed by atoms with E-state index in [0.29, 0.717) is 31.2 Å². The van der Waals surface area contributed by atoms with Crippen molar-refractivity contribution >= 4 is 29.4 Å². The van der Waals surface area contributed by atoms with Gasteiger partial charge in [-0.15, -0.1) is 11.8 Å². The minimum Gasteiger partial charge on any atom is -0.481 e. The van der Waals surface area contributed by atoms with Crippen molar-refractivity contribution in [1.82, 2.24) is 4.90 Å². The van der Waals surface area contributed by atoms with Gasteiger partial charge in [0.1, 0.15) is 0 Å². The Hall–Kier alpha value is -1.69. The lowest BCUT2D eigenvalue weighted by molar-refractivity contribution is -0.143. The first-order valence-corrected chi connectivity index (χ1v) is 9.34. The predicted molar refractivity (Wildman–Crippen MR) is 97.7 cm³/mol. The Morgan fingerprint density at radius 1 is 1.38 bits per heavy atom. The number of carbonyl (C=O) groups excluding carboxylic acids is 1. The topological polar surface area (TPSA) is 69.6 Å². The fraction of sp³-hybridized carbons (Fsp3) is 0.556.